The minimum atomic E-state index is -0.211. The second-order valence-electron chi connectivity index (χ2n) is 3.89. The van der Waals surface area contributed by atoms with Crippen LogP contribution in [0.4, 0.5) is 5.69 Å². The molecule has 1 aromatic rings. The Balaban J connectivity index is 2.45. The van der Waals surface area contributed by atoms with E-state index in [1.54, 1.807) is 38.2 Å². The molecule has 3 N–H and O–H groups in total. The largest absolute Gasteiger partial charge is 0.484 e. The van der Waals surface area contributed by atoms with Crippen LogP contribution < -0.4 is 10.5 Å². The molecule has 5 heteroatoms. The highest BCUT2D eigenvalue weighted by Crippen LogP contribution is 2.13. The number of rotatable bonds is 5. The Morgan fingerprint density at radius 2 is 2.06 bits per heavy atom. The van der Waals surface area contributed by atoms with Crippen LogP contribution in [0.1, 0.15) is 6.92 Å². The van der Waals surface area contributed by atoms with Crippen LogP contribution in [-0.2, 0) is 4.79 Å². The van der Waals surface area contributed by atoms with Crippen LogP contribution in [-0.4, -0.2) is 42.2 Å². The smallest absolute Gasteiger partial charge is 0.260 e. The molecule has 94 valence electrons. The highest BCUT2D eigenvalue weighted by Gasteiger charge is 2.15. The minimum absolute atomic E-state index is 0.0508. The average Bonchev–Trinajstić information content (AvgIpc) is 2.35. The van der Waals surface area contributed by atoms with Gasteiger partial charge >= 0.3 is 0 Å². The lowest BCUT2D eigenvalue weighted by atomic mass is 10.3. The third-order valence-corrected chi connectivity index (χ3v) is 2.56. The van der Waals surface area contributed by atoms with Gasteiger partial charge in [0, 0.05) is 12.7 Å². The molecule has 0 aromatic heterocycles. The molecule has 0 spiro atoms. The molecule has 1 amide bonds. The van der Waals surface area contributed by atoms with Crippen molar-refractivity contribution in [2.75, 3.05) is 26.0 Å². The van der Waals surface area contributed by atoms with Crippen LogP contribution >= 0.6 is 0 Å². The zero-order valence-electron chi connectivity index (χ0n) is 10.1. The molecule has 17 heavy (non-hydrogen) atoms. The van der Waals surface area contributed by atoms with Crippen molar-refractivity contribution in [2.45, 2.75) is 13.0 Å². The Hall–Kier alpha value is -1.75. The summed E-state index contributed by atoms with van der Waals surface area (Å²) in [5, 5.41) is 8.92. The van der Waals surface area contributed by atoms with Gasteiger partial charge in [0.15, 0.2) is 6.61 Å². The topological polar surface area (TPSA) is 75.8 Å². The fourth-order valence-electron chi connectivity index (χ4n) is 1.18. The number of carbonyl (C=O) groups is 1. The van der Waals surface area contributed by atoms with Crippen LogP contribution in [0.25, 0.3) is 0 Å². The lowest BCUT2D eigenvalue weighted by molar-refractivity contribution is -0.134. The van der Waals surface area contributed by atoms with Crippen molar-refractivity contribution >= 4 is 11.6 Å². The van der Waals surface area contributed by atoms with Crippen molar-refractivity contribution in [1.82, 2.24) is 4.90 Å². The van der Waals surface area contributed by atoms with Crippen molar-refractivity contribution in [1.29, 1.82) is 0 Å². The lowest BCUT2D eigenvalue weighted by Crippen LogP contribution is -2.40. The summed E-state index contributed by atoms with van der Waals surface area (Å²) in [6, 6.07) is 6.62. The lowest BCUT2D eigenvalue weighted by Gasteiger charge is -2.23. The molecule has 0 aliphatic rings. The second kappa shape index (κ2) is 6.10. The van der Waals surface area contributed by atoms with Crippen LogP contribution in [0.15, 0.2) is 24.3 Å². The molecule has 0 saturated carbocycles. The molecular formula is C12H18N2O3. The number of amides is 1. The zero-order valence-corrected chi connectivity index (χ0v) is 10.1. The first-order chi connectivity index (χ1) is 8.04. The Kier molecular flexibility index (Phi) is 4.78. The van der Waals surface area contributed by atoms with E-state index in [4.69, 9.17) is 15.6 Å². The maximum atomic E-state index is 11.6. The standard InChI is InChI=1S/C12H18N2O3/c1-9(7-15)14(2)12(16)8-17-11-5-3-10(13)4-6-11/h3-6,9,15H,7-8,13H2,1-2H3. The quantitative estimate of drug-likeness (QED) is 0.732. The fourth-order valence-corrected chi connectivity index (χ4v) is 1.18. The van der Waals surface area contributed by atoms with Gasteiger partial charge in [-0.2, -0.15) is 0 Å². The number of nitrogens with zero attached hydrogens (tertiary/aromatic N) is 1. The van der Waals surface area contributed by atoms with E-state index in [9.17, 15) is 4.79 Å². The minimum Gasteiger partial charge on any atom is -0.484 e. The molecule has 1 rings (SSSR count). The van der Waals surface area contributed by atoms with E-state index in [0.29, 0.717) is 11.4 Å². The molecule has 0 heterocycles. The summed E-state index contributed by atoms with van der Waals surface area (Å²) in [4.78, 5) is 13.1. The Bertz CT molecular complexity index is 365. The van der Waals surface area contributed by atoms with Crippen LogP contribution in [0.3, 0.4) is 0 Å². The second-order valence-corrected chi connectivity index (χ2v) is 3.89. The van der Waals surface area contributed by atoms with Gasteiger partial charge in [-0.3, -0.25) is 4.79 Å². The molecule has 0 radical (unpaired) electrons. The fraction of sp³-hybridized carbons (Fsp3) is 0.417. The van der Waals surface area contributed by atoms with Crippen molar-refractivity contribution in [2.24, 2.45) is 0 Å². The Morgan fingerprint density at radius 3 is 2.59 bits per heavy atom. The Morgan fingerprint density at radius 1 is 1.47 bits per heavy atom. The molecule has 0 fully saturated rings. The highest BCUT2D eigenvalue weighted by molar-refractivity contribution is 5.77. The molecular weight excluding hydrogens is 220 g/mol. The molecule has 0 aliphatic carbocycles. The first-order valence-corrected chi connectivity index (χ1v) is 5.39. The number of benzene rings is 1. The maximum Gasteiger partial charge on any atom is 0.260 e. The number of anilines is 1. The number of carbonyl (C=O) groups excluding carboxylic acids is 1. The average molecular weight is 238 g/mol. The number of nitrogens with two attached hydrogens (primary N) is 1. The zero-order chi connectivity index (χ0) is 12.8. The number of hydrogen-bond acceptors (Lipinski definition) is 4. The number of ether oxygens (including phenoxy) is 1. The summed E-state index contributed by atoms with van der Waals surface area (Å²) < 4.78 is 5.31. The molecule has 1 aromatic carbocycles. The van der Waals surface area contributed by atoms with Crippen molar-refractivity contribution in [3.63, 3.8) is 0 Å². The van der Waals surface area contributed by atoms with E-state index in [2.05, 4.69) is 0 Å². The SMILES string of the molecule is CC(CO)N(C)C(=O)COc1ccc(N)cc1. The summed E-state index contributed by atoms with van der Waals surface area (Å²) in [6.07, 6.45) is 0. The van der Waals surface area contributed by atoms with Crippen LogP contribution in [0, 0.1) is 0 Å². The highest BCUT2D eigenvalue weighted by atomic mass is 16.5. The first kappa shape index (κ1) is 13.3. The molecule has 0 saturated heterocycles. The summed E-state index contributed by atoms with van der Waals surface area (Å²) in [6.45, 7) is 1.65. The van der Waals surface area contributed by atoms with Crippen molar-refractivity contribution < 1.29 is 14.6 Å². The summed E-state index contributed by atoms with van der Waals surface area (Å²) >= 11 is 0. The summed E-state index contributed by atoms with van der Waals surface area (Å²) in [5.41, 5.74) is 6.18. The number of nitrogen functional groups attached to an aromatic ring is 1. The monoisotopic (exact) mass is 238 g/mol. The number of aliphatic hydroxyl groups is 1. The van der Waals surface area contributed by atoms with Gasteiger partial charge in [0.25, 0.3) is 5.91 Å². The van der Waals surface area contributed by atoms with Crippen molar-refractivity contribution in [3.8, 4) is 5.75 Å². The normalized spacial score (nSPS) is 11.9. The number of likely N-dealkylation sites (N-methyl/N-ethyl adjacent to an activating group) is 1. The van der Waals surface area contributed by atoms with Gasteiger partial charge in [0.1, 0.15) is 5.75 Å². The van der Waals surface area contributed by atoms with E-state index >= 15 is 0 Å². The van der Waals surface area contributed by atoms with E-state index in [0.717, 1.165) is 0 Å². The molecule has 5 nitrogen and oxygen atoms in total. The maximum absolute atomic E-state index is 11.6. The number of hydrogen-bond donors (Lipinski definition) is 2. The first-order valence-electron chi connectivity index (χ1n) is 5.39. The van der Waals surface area contributed by atoms with Crippen LogP contribution in [0.5, 0.6) is 5.75 Å². The van der Waals surface area contributed by atoms with Gasteiger partial charge in [-0.1, -0.05) is 0 Å². The van der Waals surface area contributed by atoms with Gasteiger partial charge < -0.3 is 20.5 Å². The summed E-state index contributed by atoms with van der Waals surface area (Å²) in [5.74, 6) is 0.418. The molecule has 1 atom stereocenters. The van der Waals surface area contributed by atoms with E-state index < -0.39 is 0 Å². The van der Waals surface area contributed by atoms with Crippen LogP contribution in [0.2, 0.25) is 0 Å². The van der Waals surface area contributed by atoms with Gasteiger partial charge in [-0.25, -0.2) is 0 Å². The van der Waals surface area contributed by atoms with Crippen molar-refractivity contribution in [3.05, 3.63) is 24.3 Å². The third kappa shape index (κ3) is 3.96. The Labute approximate surface area is 101 Å². The number of aliphatic hydroxyl groups excluding tert-OH is 1. The molecule has 1 unspecified atom stereocenters. The predicted molar refractivity (Wildman–Crippen MR) is 65.7 cm³/mol. The predicted octanol–water partition coefficient (Wildman–Crippen LogP) is 0.487. The van der Waals surface area contributed by atoms with Gasteiger partial charge in [-0.05, 0) is 31.2 Å². The molecule has 0 bridgehead atoms. The summed E-state index contributed by atoms with van der Waals surface area (Å²) in [7, 11) is 1.63. The van der Waals surface area contributed by atoms with E-state index in [1.807, 2.05) is 0 Å². The van der Waals surface area contributed by atoms with E-state index in [-0.39, 0.29) is 25.2 Å². The van der Waals surface area contributed by atoms with Gasteiger partial charge in [0.2, 0.25) is 0 Å². The third-order valence-electron chi connectivity index (χ3n) is 2.56. The van der Waals surface area contributed by atoms with E-state index in [1.165, 1.54) is 4.90 Å². The van der Waals surface area contributed by atoms with Gasteiger partial charge in [-0.15, -0.1) is 0 Å². The molecule has 0 aliphatic heterocycles. The van der Waals surface area contributed by atoms with Gasteiger partial charge in [0.05, 0.1) is 12.6 Å².